The standard InChI is InChI=1S/C21H20F4N4O4/c22-17-16(2-1-9-27-17)29-11-20(33-19(29)31)7-5-12(6-8-20)18(30)28-15-10-13(3-4-14(15)26)32-21(23,24)25/h1-4,9-10,12H,5-8,11,26H2,(H,28,30)/t12-,20-. The van der Waals surface area contributed by atoms with Gasteiger partial charge in [0, 0.05) is 18.2 Å². The van der Waals surface area contributed by atoms with Crippen LogP contribution in [0, 0.1) is 11.9 Å². The molecular formula is C21H20F4N4O4. The molecule has 1 aromatic carbocycles. The van der Waals surface area contributed by atoms with Crippen LogP contribution in [0.1, 0.15) is 25.7 Å². The SMILES string of the molecule is Nc1ccc(OC(F)(F)F)cc1NC(=O)[C@H]1CC[C@]2(CC1)CN(c1cccnc1F)C(=O)O2. The Balaban J connectivity index is 1.39. The van der Waals surface area contributed by atoms with Crippen LogP contribution >= 0.6 is 0 Å². The number of halogens is 4. The molecule has 2 heterocycles. The van der Waals surface area contributed by atoms with Crippen molar-refractivity contribution in [2.24, 2.45) is 5.92 Å². The van der Waals surface area contributed by atoms with Crippen molar-refractivity contribution in [2.75, 3.05) is 22.5 Å². The van der Waals surface area contributed by atoms with E-state index < -0.39 is 41.6 Å². The summed E-state index contributed by atoms with van der Waals surface area (Å²) in [6.07, 6.45) is -2.83. The van der Waals surface area contributed by atoms with Crippen molar-refractivity contribution in [3.05, 3.63) is 42.5 Å². The predicted molar refractivity (Wildman–Crippen MR) is 109 cm³/mol. The van der Waals surface area contributed by atoms with E-state index in [-0.39, 0.29) is 23.6 Å². The van der Waals surface area contributed by atoms with Crippen molar-refractivity contribution in [1.82, 2.24) is 4.98 Å². The molecule has 2 amide bonds. The number of hydrogen-bond acceptors (Lipinski definition) is 6. The summed E-state index contributed by atoms with van der Waals surface area (Å²) in [5, 5.41) is 2.55. The average molecular weight is 468 g/mol. The first-order chi connectivity index (χ1) is 15.6. The molecule has 8 nitrogen and oxygen atoms in total. The summed E-state index contributed by atoms with van der Waals surface area (Å²) >= 11 is 0. The lowest BCUT2D eigenvalue weighted by molar-refractivity contribution is -0.274. The summed E-state index contributed by atoms with van der Waals surface area (Å²) in [5.41, 5.74) is 5.04. The van der Waals surface area contributed by atoms with Gasteiger partial charge >= 0.3 is 12.5 Å². The lowest BCUT2D eigenvalue weighted by Crippen LogP contribution is -2.41. The van der Waals surface area contributed by atoms with E-state index in [0.29, 0.717) is 25.7 Å². The summed E-state index contributed by atoms with van der Waals surface area (Å²) in [6, 6.07) is 6.20. The number of ether oxygens (including phenoxy) is 2. The third kappa shape index (κ3) is 4.94. The Kier molecular flexibility index (Phi) is 5.76. The second-order valence-corrected chi connectivity index (χ2v) is 8.01. The molecule has 2 aromatic rings. The molecule has 1 spiro atoms. The zero-order valence-corrected chi connectivity index (χ0v) is 17.2. The molecule has 1 aromatic heterocycles. The van der Waals surface area contributed by atoms with E-state index in [9.17, 15) is 27.2 Å². The van der Waals surface area contributed by atoms with E-state index in [1.807, 2.05) is 0 Å². The number of nitrogens with zero attached hydrogens (tertiary/aromatic N) is 2. The Morgan fingerprint density at radius 3 is 2.67 bits per heavy atom. The number of nitrogen functional groups attached to an aromatic ring is 1. The molecule has 1 saturated carbocycles. The minimum absolute atomic E-state index is 0.00700. The normalized spacial score (nSPS) is 22.8. The van der Waals surface area contributed by atoms with Crippen molar-refractivity contribution in [2.45, 2.75) is 37.6 Å². The topological polar surface area (TPSA) is 107 Å². The third-order valence-electron chi connectivity index (χ3n) is 5.78. The van der Waals surface area contributed by atoms with Gasteiger partial charge in [-0.25, -0.2) is 9.78 Å². The maximum atomic E-state index is 14.0. The van der Waals surface area contributed by atoms with Gasteiger partial charge in [0.25, 0.3) is 0 Å². The molecule has 1 aliphatic heterocycles. The first-order valence-corrected chi connectivity index (χ1v) is 10.1. The zero-order valence-electron chi connectivity index (χ0n) is 17.2. The van der Waals surface area contributed by atoms with Gasteiger partial charge in [-0.1, -0.05) is 0 Å². The van der Waals surface area contributed by atoms with Crippen LogP contribution in [0.15, 0.2) is 36.5 Å². The summed E-state index contributed by atoms with van der Waals surface area (Å²) in [7, 11) is 0. The van der Waals surface area contributed by atoms with Crippen molar-refractivity contribution < 1.29 is 36.6 Å². The molecule has 2 aliphatic rings. The summed E-state index contributed by atoms with van der Waals surface area (Å²) in [6.45, 7) is 0.132. The first-order valence-electron chi connectivity index (χ1n) is 10.1. The Bertz CT molecular complexity index is 1070. The minimum Gasteiger partial charge on any atom is -0.441 e. The minimum atomic E-state index is -4.87. The fraction of sp³-hybridized carbons (Fsp3) is 0.381. The van der Waals surface area contributed by atoms with Crippen LogP contribution in [0.2, 0.25) is 0 Å². The average Bonchev–Trinajstić information content (AvgIpc) is 3.05. The fourth-order valence-electron chi connectivity index (χ4n) is 4.13. The number of amides is 2. The predicted octanol–water partition coefficient (Wildman–Crippen LogP) is 4.23. The number of nitrogens with one attached hydrogen (secondary N) is 1. The van der Waals surface area contributed by atoms with Gasteiger partial charge in [0.15, 0.2) is 0 Å². The second-order valence-electron chi connectivity index (χ2n) is 8.01. The molecule has 0 unspecified atom stereocenters. The number of anilines is 3. The monoisotopic (exact) mass is 468 g/mol. The van der Waals surface area contributed by atoms with Gasteiger partial charge in [-0.2, -0.15) is 4.39 Å². The van der Waals surface area contributed by atoms with Crippen molar-refractivity contribution >= 4 is 29.1 Å². The quantitative estimate of drug-likeness (QED) is 0.395. The van der Waals surface area contributed by atoms with Gasteiger partial charge in [0.1, 0.15) is 17.0 Å². The number of rotatable bonds is 4. The first kappa shape index (κ1) is 22.6. The number of pyridine rings is 1. The Morgan fingerprint density at radius 2 is 2.00 bits per heavy atom. The van der Waals surface area contributed by atoms with Crippen LogP contribution in [0.25, 0.3) is 0 Å². The third-order valence-corrected chi connectivity index (χ3v) is 5.78. The van der Waals surface area contributed by atoms with Gasteiger partial charge in [-0.05, 0) is 49.9 Å². The molecule has 176 valence electrons. The van der Waals surface area contributed by atoms with Crippen molar-refractivity contribution in [3.8, 4) is 5.75 Å². The lowest BCUT2D eigenvalue weighted by Gasteiger charge is -2.34. The number of aromatic nitrogens is 1. The van der Waals surface area contributed by atoms with Crippen LogP contribution in [0.5, 0.6) is 5.75 Å². The number of carbonyl (C=O) groups excluding carboxylic acids is 2. The highest BCUT2D eigenvalue weighted by molar-refractivity contribution is 5.96. The van der Waals surface area contributed by atoms with E-state index >= 15 is 0 Å². The van der Waals surface area contributed by atoms with E-state index in [1.54, 1.807) is 0 Å². The molecule has 1 aliphatic carbocycles. The Morgan fingerprint density at radius 1 is 1.27 bits per heavy atom. The molecule has 0 bridgehead atoms. The van der Waals surface area contributed by atoms with Crippen LogP contribution in [0.4, 0.5) is 39.4 Å². The summed E-state index contributed by atoms with van der Waals surface area (Å²) in [4.78, 5) is 29.8. The largest absolute Gasteiger partial charge is 0.573 e. The van der Waals surface area contributed by atoms with Crippen LogP contribution in [0.3, 0.4) is 0 Å². The van der Waals surface area contributed by atoms with Crippen LogP contribution < -0.4 is 20.7 Å². The Hall–Kier alpha value is -3.57. The smallest absolute Gasteiger partial charge is 0.441 e. The van der Waals surface area contributed by atoms with E-state index in [4.69, 9.17) is 10.5 Å². The number of benzene rings is 1. The lowest BCUT2D eigenvalue weighted by atomic mass is 9.78. The number of alkyl halides is 3. The molecule has 2 fully saturated rings. The highest BCUT2D eigenvalue weighted by Gasteiger charge is 2.49. The van der Waals surface area contributed by atoms with Crippen molar-refractivity contribution in [1.29, 1.82) is 0 Å². The molecule has 4 rings (SSSR count). The fourth-order valence-corrected chi connectivity index (χ4v) is 4.13. The molecule has 12 heteroatoms. The molecule has 1 saturated heterocycles. The highest BCUT2D eigenvalue weighted by atomic mass is 19.4. The molecule has 33 heavy (non-hydrogen) atoms. The maximum Gasteiger partial charge on any atom is 0.573 e. The second kappa shape index (κ2) is 8.41. The van der Waals surface area contributed by atoms with Gasteiger partial charge < -0.3 is 20.5 Å². The molecule has 0 atom stereocenters. The van der Waals surface area contributed by atoms with Crippen molar-refractivity contribution in [3.63, 3.8) is 0 Å². The van der Waals surface area contributed by atoms with Gasteiger partial charge in [-0.3, -0.25) is 9.69 Å². The maximum absolute atomic E-state index is 14.0. The molecular weight excluding hydrogens is 448 g/mol. The van der Waals surface area contributed by atoms with E-state index in [2.05, 4.69) is 15.0 Å². The van der Waals surface area contributed by atoms with E-state index in [1.165, 1.54) is 29.3 Å². The Labute approximate surface area is 185 Å². The summed E-state index contributed by atoms with van der Waals surface area (Å²) in [5.74, 6) is -2.17. The van der Waals surface area contributed by atoms with Crippen LogP contribution in [-0.4, -0.2) is 35.5 Å². The summed E-state index contributed by atoms with van der Waals surface area (Å²) < 4.78 is 60.8. The van der Waals surface area contributed by atoms with Crippen LogP contribution in [-0.2, 0) is 9.53 Å². The number of nitrogens with two attached hydrogens (primary N) is 1. The van der Waals surface area contributed by atoms with Gasteiger partial charge in [-0.15, -0.1) is 13.2 Å². The zero-order chi connectivity index (χ0) is 23.8. The highest BCUT2D eigenvalue weighted by Crippen LogP contribution is 2.41. The number of carbonyl (C=O) groups is 2. The van der Waals surface area contributed by atoms with E-state index in [0.717, 1.165) is 12.1 Å². The molecule has 0 radical (unpaired) electrons. The van der Waals surface area contributed by atoms with Gasteiger partial charge in [0.05, 0.1) is 17.9 Å². The van der Waals surface area contributed by atoms with Gasteiger partial charge in [0.2, 0.25) is 11.9 Å². The molecule has 3 N–H and O–H groups in total. The number of hydrogen-bond donors (Lipinski definition) is 2.